The SMILES string of the molecule is Cc1c(N)nc(C(C)(C)C)nc1NC1CCCSC1. The highest BCUT2D eigenvalue weighted by atomic mass is 32.2. The second-order valence-corrected chi connectivity index (χ2v) is 7.36. The Morgan fingerprint density at radius 3 is 2.63 bits per heavy atom. The first-order chi connectivity index (χ1) is 8.88. The molecule has 3 N–H and O–H groups in total. The number of hydrogen-bond acceptors (Lipinski definition) is 5. The number of anilines is 2. The standard InChI is InChI=1S/C14H24N4S/c1-9-11(15)17-13(14(2,3)4)18-12(9)16-10-6-5-7-19-8-10/h10H,5-8H2,1-4H3,(H3,15,16,17,18). The van der Waals surface area contributed by atoms with E-state index in [1.807, 2.05) is 18.7 Å². The second kappa shape index (κ2) is 5.57. The summed E-state index contributed by atoms with van der Waals surface area (Å²) in [6.45, 7) is 8.31. The van der Waals surface area contributed by atoms with Gasteiger partial charge in [-0.05, 0) is 25.5 Å². The van der Waals surface area contributed by atoms with Crippen LogP contribution in [0.25, 0.3) is 0 Å². The lowest BCUT2D eigenvalue weighted by molar-refractivity contribution is 0.545. The van der Waals surface area contributed by atoms with E-state index in [0.29, 0.717) is 11.9 Å². The molecule has 0 saturated carbocycles. The van der Waals surface area contributed by atoms with Gasteiger partial charge in [0.05, 0.1) is 0 Å². The second-order valence-electron chi connectivity index (χ2n) is 6.21. The molecule has 0 aliphatic carbocycles. The van der Waals surface area contributed by atoms with Crippen LogP contribution in [0.15, 0.2) is 0 Å². The lowest BCUT2D eigenvalue weighted by Crippen LogP contribution is -2.28. The number of aromatic nitrogens is 2. The average molecular weight is 280 g/mol. The maximum absolute atomic E-state index is 6.03. The van der Waals surface area contributed by atoms with Crippen molar-refractivity contribution in [1.82, 2.24) is 9.97 Å². The molecule has 106 valence electrons. The Morgan fingerprint density at radius 2 is 2.05 bits per heavy atom. The molecule has 1 aliphatic heterocycles. The lowest BCUT2D eigenvalue weighted by Gasteiger charge is -2.25. The van der Waals surface area contributed by atoms with Crippen molar-refractivity contribution >= 4 is 23.4 Å². The quantitative estimate of drug-likeness (QED) is 0.872. The molecule has 4 nitrogen and oxygen atoms in total. The predicted octanol–water partition coefficient (Wildman–Crippen LogP) is 2.97. The van der Waals surface area contributed by atoms with E-state index in [2.05, 4.69) is 36.1 Å². The highest BCUT2D eigenvalue weighted by Crippen LogP contribution is 2.27. The summed E-state index contributed by atoms with van der Waals surface area (Å²) in [6, 6.07) is 0.500. The van der Waals surface area contributed by atoms with Gasteiger partial charge in [0.15, 0.2) is 0 Å². The van der Waals surface area contributed by atoms with Crippen molar-refractivity contribution < 1.29 is 0 Å². The van der Waals surface area contributed by atoms with Gasteiger partial charge in [-0.3, -0.25) is 0 Å². The summed E-state index contributed by atoms with van der Waals surface area (Å²) in [5.41, 5.74) is 6.90. The number of nitrogens with zero attached hydrogens (tertiary/aromatic N) is 2. The molecule has 0 aromatic carbocycles. The summed E-state index contributed by atoms with van der Waals surface area (Å²) in [4.78, 5) is 9.11. The van der Waals surface area contributed by atoms with Gasteiger partial charge in [-0.15, -0.1) is 0 Å². The number of nitrogens with two attached hydrogens (primary N) is 1. The van der Waals surface area contributed by atoms with Crippen molar-refractivity contribution in [3.05, 3.63) is 11.4 Å². The molecule has 0 radical (unpaired) electrons. The van der Waals surface area contributed by atoms with Gasteiger partial charge >= 0.3 is 0 Å². The molecule has 0 amide bonds. The van der Waals surface area contributed by atoms with Crippen LogP contribution in [-0.2, 0) is 5.41 Å². The van der Waals surface area contributed by atoms with E-state index in [1.54, 1.807) is 0 Å². The smallest absolute Gasteiger partial charge is 0.138 e. The van der Waals surface area contributed by atoms with Crippen LogP contribution in [0.4, 0.5) is 11.6 Å². The first kappa shape index (κ1) is 14.4. The molecular formula is C14H24N4S. The molecule has 0 bridgehead atoms. The van der Waals surface area contributed by atoms with Crippen molar-refractivity contribution in [2.24, 2.45) is 0 Å². The Bertz CT molecular complexity index is 447. The average Bonchev–Trinajstić information content (AvgIpc) is 2.34. The Kier molecular flexibility index (Phi) is 4.23. The minimum absolute atomic E-state index is 0.0838. The van der Waals surface area contributed by atoms with Gasteiger partial charge in [0, 0.05) is 22.8 Å². The van der Waals surface area contributed by atoms with Crippen molar-refractivity contribution in [2.75, 3.05) is 22.6 Å². The molecule has 1 atom stereocenters. The first-order valence-electron chi connectivity index (χ1n) is 6.87. The Labute approximate surface area is 120 Å². The van der Waals surface area contributed by atoms with Crippen LogP contribution >= 0.6 is 11.8 Å². The summed E-state index contributed by atoms with van der Waals surface area (Å²) in [5.74, 6) is 4.72. The van der Waals surface area contributed by atoms with Gasteiger partial charge in [0.2, 0.25) is 0 Å². The largest absolute Gasteiger partial charge is 0.383 e. The summed E-state index contributed by atoms with van der Waals surface area (Å²) in [6.07, 6.45) is 2.48. The summed E-state index contributed by atoms with van der Waals surface area (Å²) >= 11 is 2.00. The lowest BCUT2D eigenvalue weighted by atomic mass is 9.95. The van der Waals surface area contributed by atoms with Crippen LogP contribution in [0.5, 0.6) is 0 Å². The van der Waals surface area contributed by atoms with Gasteiger partial charge in [-0.25, -0.2) is 9.97 Å². The zero-order valence-electron chi connectivity index (χ0n) is 12.3. The van der Waals surface area contributed by atoms with Gasteiger partial charge < -0.3 is 11.1 Å². The van der Waals surface area contributed by atoms with Crippen LogP contribution < -0.4 is 11.1 Å². The Morgan fingerprint density at radius 1 is 1.32 bits per heavy atom. The first-order valence-corrected chi connectivity index (χ1v) is 8.02. The molecule has 19 heavy (non-hydrogen) atoms. The van der Waals surface area contributed by atoms with Crippen molar-refractivity contribution in [1.29, 1.82) is 0 Å². The fourth-order valence-electron chi connectivity index (χ4n) is 2.06. The Hall–Kier alpha value is -0.970. The third-order valence-electron chi connectivity index (χ3n) is 3.36. The highest BCUT2D eigenvalue weighted by Gasteiger charge is 2.22. The molecule has 5 heteroatoms. The molecule has 1 saturated heterocycles. The number of thioether (sulfide) groups is 1. The fourth-order valence-corrected chi connectivity index (χ4v) is 3.13. The van der Waals surface area contributed by atoms with Crippen LogP contribution in [-0.4, -0.2) is 27.5 Å². The van der Waals surface area contributed by atoms with Crippen molar-refractivity contribution in [3.8, 4) is 0 Å². The maximum Gasteiger partial charge on any atom is 0.138 e. The Balaban J connectivity index is 2.25. The van der Waals surface area contributed by atoms with Crippen LogP contribution in [0.2, 0.25) is 0 Å². The summed E-state index contributed by atoms with van der Waals surface area (Å²) < 4.78 is 0. The molecule has 0 spiro atoms. The predicted molar refractivity (Wildman–Crippen MR) is 83.9 cm³/mol. The van der Waals surface area contributed by atoms with E-state index < -0.39 is 0 Å². The van der Waals surface area contributed by atoms with Crippen LogP contribution in [0.3, 0.4) is 0 Å². The van der Waals surface area contributed by atoms with Gasteiger partial charge in [-0.1, -0.05) is 20.8 Å². The van der Waals surface area contributed by atoms with E-state index in [1.165, 1.54) is 18.6 Å². The third kappa shape index (κ3) is 3.53. The van der Waals surface area contributed by atoms with Crippen molar-refractivity contribution in [3.63, 3.8) is 0 Å². The number of rotatable bonds is 2. The van der Waals surface area contributed by atoms with E-state index in [9.17, 15) is 0 Å². The minimum atomic E-state index is -0.0838. The van der Waals surface area contributed by atoms with E-state index in [4.69, 9.17) is 5.73 Å². The van der Waals surface area contributed by atoms with Crippen molar-refractivity contribution in [2.45, 2.75) is 52.0 Å². The molecule has 1 aromatic rings. The third-order valence-corrected chi connectivity index (χ3v) is 4.57. The molecule has 1 fully saturated rings. The normalized spacial score (nSPS) is 20.3. The summed E-state index contributed by atoms with van der Waals surface area (Å²) in [5, 5.41) is 3.55. The van der Waals surface area contributed by atoms with E-state index >= 15 is 0 Å². The monoisotopic (exact) mass is 280 g/mol. The number of nitrogen functional groups attached to an aromatic ring is 1. The highest BCUT2D eigenvalue weighted by molar-refractivity contribution is 7.99. The molecule has 2 rings (SSSR count). The topological polar surface area (TPSA) is 63.8 Å². The number of hydrogen-bond donors (Lipinski definition) is 2. The van der Waals surface area contributed by atoms with Crippen LogP contribution in [0, 0.1) is 6.92 Å². The van der Waals surface area contributed by atoms with Gasteiger partial charge in [-0.2, -0.15) is 11.8 Å². The molecule has 1 aromatic heterocycles. The van der Waals surface area contributed by atoms with E-state index in [0.717, 1.165) is 23.0 Å². The fraction of sp³-hybridized carbons (Fsp3) is 0.714. The molecule has 2 heterocycles. The maximum atomic E-state index is 6.03. The van der Waals surface area contributed by atoms with Crippen LogP contribution in [0.1, 0.15) is 45.0 Å². The van der Waals surface area contributed by atoms with Gasteiger partial charge in [0.25, 0.3) is 0 Å². The minimum Gasteiger partial charge on any atom is -0.383 e. The van der Waals surface area contributed by atoms with E-state index in [-0.39, 0.29) is 5.41 Å². The summed E-state index contributed by atoms with van der Waals surface area (Å²) in [7, 11) is 0. The molecular weight excluding hydrogens is 256 g/mol. The number of nitrogens with one attached hydrogen (secondary N) is 1. The molecule has 1 aliphatic rings. The zero-order chi connectivity index (χ0) is 14.0. The molecule has 1 unspecified atom stereocenters. The van der Waals surface area contributed by atoms with Gasteiger partial charge in [0.1, 0.15) is 17.5 Å². The zero-order valence-corrected chi connectivity index (χ0v) is 13.1.